The Bertz CT molecular complexity index is 216. The zero-order chi connectivity index (χ0) is 15.6. The largest absolute Gasteiger partial charge is 0.487 e. The maximum atomic E-state index is 5.43. The van der Waals surface area contributed by atoms with Gasteiger partial charge in [-0.15, -0.1) is 0 Å². The van der Waals surface area contributed by atoms with Crippen LogP contribution in [0.4, 0.5) is 0 Å². The average Bonchev–Trinajstić information content (AvgIpc) is 2.49. The van der Waals surface area contributed by atoms with Gasteiger partial charge in [0.25, 0.3) is 0 Å². The van der Waals surface area contributed by atoms with Crippen LogP contribution in [-0.2, 0) is 4.74 Å². The van der Waals surface area contributed by atoms with E-state index in [0.29, 0.717) is 0 Å². The molecule has 0 amide bonds. The molecule has 126 valence electrons. The van der Waals surface area contributed by atoms with Gasteiger partial charge in [-0.1, -0.05) is 90.9 Å². The first-order valence-corrected chi connectivity index (χ1v) is 9.87. The summed E-state index contributed by atoms with van der Waals surface area (Å²) < 4.78 is 5.43. The van der Waals surface area contributed by atoms with Crippen LogP contribution < -0.4 is 0 Å². The zero-order valence-electron chi connectivity index (χ0n) is 14.6. The van der Waals surface area contributed by atoms with E-state index in [-0.39, 0.29) is 0 Å². The third-order valence-corrected chi connectivity index (χ3v) is 4.27. The molecule has 0 fully saturated rings. The minimum atomic E-state index is 0.789. The quantitative estimate of drug-likeness (QED) is 0.220. The fourth-order valence-corrected chi connectivity index (χ4v) is 2.80. The van der Waals surface area contributed by atoms with Crippen LogP contribution in [0.3, 0.4) is 0 Å². The molecule has 0 N–H and O–H groups in total. The van der Waals surface area contributed by atoms with Crippen molar-refractivity contribution in [2.75, 3.05) is 6.61 Å². The third-order valence-electron chi connectivity index (χ3n) is 3.95. The molecule has 0 saturated heterocycles. The van der Waals surface area contributed by atoms with Gasteiger partial charge in [0.2, 0.25) is 0 Å². The summed E-state index contributed by atoms with van der Waals surface area (Å²) in [7, 11) is 0. The Labute approximate surface area is 139 Å². The second-order valence-corrected chi connectivity index (χ2v) is 6.67. The topological polar surface area (TPSA) is 9.23 Å². The van der Waals surface area contributed by atoms with E-state index >= 15 is 0 Å². The van der Waals surface area contributed by atoms with Gasteiger partial charge in [-0.2, -0.15) is 0 Å². The normalized spacial score (nSPS) is 10.8. The SMILES string of the molecule is CCCCCCCCCCCCCCCC(=S)OCCC. The highest BCUT2D eigenvalue weighted by atomic mass is 32.1. The molecule has 0 aliphatic rings. The molecule has 0 spiro atoms. The average molecular weight is 315 g/mol. The first-order chi connectivity index (χ1) is 10.3. The highest BCUT2D eigenvalue weighted by Crippen LogP contribution is 2.13. The summed E-state index contributed by atoms with van der Waals surface area (Å²) in [6, 6.07) is 0. The lowest BCUT2D eigenvalue weighted by Gasteiger charge is -2.06. The molecular formula is C19H38OS. The van der Waals surface area contributed by atoms with Crippen molar-refractivity contribution in [2.45, 2.75) is 110 Å². The molecule has 0 atom stereocenters. The Hall–Kier alpha value is -0.110. The van der Waals surface area contributed by atoms with E-state index < -0.39 is 0 Å². The van der Waals surface area contributed by atoms with Crippen LogP contribution >= 0.6 is 12.2 Å². The van der Waals surface area contributed by atoms with Gasteiger partial charge >= 0.3 is 0 Å². The van der Waals surface area contributed by atoms with E-state index in [0.717, 1.165) is 24.5 Å². The molecule has 0 heterocycles. The summed E-state index contributed by atoms with van der Waals surface area (Å²) in [5.74, 6) is 0. The van der Waals surface area contributed by atoms with Crippen molar-refractivity contribution in [1.82, 2.24) is 0 Å². The van der Waals surface area contributed by atoms with Gasteiger partial charge in [-0.05, 0) is 25.1 Å². The monoisotopic (exact) mass is 314 g/mol. The zero-order valence-corrected chi connectivity index (χ0v) is 15.4. The minimum Gasteiger partial charge on any atom is -0.487 e. The molecule has 1 nitrogen and oxygen atoms in total. The van der Waals surface area contributed by atoms with Gasteiger partial charge in [0.15, 0.2) is 5.05 Å². The van der Waals surface area contributed by atoms with E-state index in [2.05, 4.69) is 13.8 Å². The van der Waals surface area contributed by atoms with Crippen molar-refractivity contribution in [2.24, 2.45) is 0 Å². The van der Waals surface area contributed by atoms with Crippen LogP contribution in [0, 0.1) is 0 Å². The van der Waals surface area contributed by atoms with E-state index in [4.69, 9.17) is 17.0 Å². The number of unbranched alkanes of at least 4 members (excludes halogenated alkanes) is 12. The molecule has 0 aromatic heterocycles. The molecule has 2 heteroatoms. The van der Waals surface area contributed by atoms with Crippen LogP contribution in [0.25, 0.3) is 0 Å². The molecule has 0 aromatic carbocycles. The second kappa shape index (κ2) is 17.9. The van der Waals surface area contributed by atoms with Crippen molar-refractivity contribution >= 4 is 17.3 Å². The number of thiocarbonyl (C=S) groups is 1. The van der Waals surface area contributed by atoms with Crippen LogP contribution in [0.2, 0.25) is 0 Å². The Morgan fingerprint density at radius 3 is 1.48 bits per heavy atom. The first-order valence-electron chi connectivity index (χ1n) is 9.46. The van der Waals surface area contributed by atoms with Gasteiger partial charge in [0.1, 0.15) is 0 Å². The number of hydrogen-bond acceptors (Lipinski definition) is 2. The third kappa shape index (κ3) is 17.8. The lowest BCUT2D eigenvalue weighted by molar-refractivity contribution is 0.303. The second-order valence-electron chi connectivity index (χ2n) is 6.21. The van der Waals surface area contributed by atoms with Crippen LogP contribution in [0.1, 0.15) is 110 Å². The van der Waals surface area contributed by atoms with Gasteiger partial charge < -0.3 is 4.74 Å². The fraction of sp³-hybridized carbons (Fsp3) is 0.947. The minimum absolute atomic E-state index is 0.789. The maximum absolute atomic E-state index is 5.43. The summed E-state index contributed by atoms with van der Waals surface area (Å²) in [4.78, 5) is 0. The Morgan fingerprint density at radius 2 is 1.05 bits per heavy atom. The van der Waals surface area contributed by atoms with E-state index in [1.54, 1.807) is 0 Å². The lowest BCUT2D eigenvalue weighted by atomic mass is 10.0. The fourth-order valence-electron chi connectivity index (χ4n) is 2.58. The first kappa shape index (κ1) is 20.9. The Morgan fingerprint density at radius 1 is 0.619 bits per heavy atom. The van der Waals surface area contributed by atoms with Gasteiger partial charge in [-0.25, -0.2) is 0 Å². The Kier molecular flexibility index (Phi) is 17.8. The van der Waals surface area contributed by atoms with Gasteiger partial charge in [-0.3, -0.25) is 0 Å². The lowest BCUT2D eigenvalue weighted by Crippen LogP contribution is -2.02. The molecule has 21 heavy (non-hydrogen) atoms. The van der Waals surface area contributed by atoms with Crippen molar-refractivity contribution in [1.29, 1.82) is 0 Å². The van der Waals surface area contributed by atoms with Crippen molar-refractivity contribution in [3.05, 3.63) is 0 Å². The van der Waals surface area contributed by atoms with Gasteiger partial charge in [0, 0.05) is 6.42 Å². The van der Waals surface area contributed by atoms with Crippen LogP contribution in [-0.4, -0.2) is 11.7 Å². The summed E-state index contributed by atoms with van der Waals surface area (Å²) >= 11 is 5.18. The summed E-state index contributed by atoms with van der Waals surface area (Å²) in [5, 5.41) is 0.819. The standard InChI is InChI=1S/C19H38OS/c1-3-5-6-7-8-9-10-11-12-13-14-15-16-17-19(21)20-18-4-2/h3-18H2,1-2H3. The predicted octanol–water partition coefficient (Wildman–Crippen LogP) is 7.22. The number of ether oxygens (including phenoxy) is 1. The number of hydrogen-bond donors (Lipinski definition) is 0. The van der Waals surface area contributed by atoms with Crippen LogP contribution in [0.5, 0.6) is 0 Å². The molecule has 0 bridgehead atoms. The molecule has 0 aliphatic carbocycles. The highest BCUT2D eigenvalue weighted by molar-refractivity contribution is 7.80. The predicted molar refractivity (Wildman–Crippen MR) is 99.2 cm³/mol. The molecular weight excluding hydrogens is 276 g/mol. The van der Waals surface area contributed by atoms with Gasteiger partial charge in [0.05, 0.1) is 6.61 Å². The number of rotatable bonds is 16. The van der Waals surface area contributed by atoms with E-state index in [1.807, 2.05) is 0 Å². The molecule has 0 aromatic rings. The molecule has 0 radical (unpaired) electrons. The molecule has 0 saturated carbocycles. The molecule has 0 rings (SSSR count). The maximum Gasteiger partial charge on any atom is 0.159 e. The summed E-state index contributed by atoms with van der Waals surface area (Å²) in [6.07, 6.45) is 20.2. The van der Waals surface area contributed by atoms with Crippen molar-refractivity contribution < 1.29 is 4.74 Å². The smallest absolute Gasteiger partial charge is 0.159 e. The highest BCUT2D eigenvalue weighted by Gasteiger charge is 1.98. The van der Waals surface area contributed by atoms with Crippen molar-refractivity contribution in [3.8, 4) is 0 Å². The Balaban J connectivity index is 3.04. The van der Waals surface area contributed by atoms with Crippen molar-refractivity contribution in [3.63, 3.8) is 0 Å². The molecule has 0 aliphatic heterocycles. The summed E-state index contributed by atoms with van der Waals surface area (Å²) in [6.45, 7) is 5.19. The van der Waals surface area contributed by atoms with E-state index in [9.17, 15) is 0 Å². The van der Waals surface area contributed by atoms with E-state index in [1.165, 1.54) is 83.5 Å². The summed E-state index contributed by atoms with van der Waals surface area (Å²) in [5.41, 5.74) is 0. The molecule has 0 unspecified atom stereocenters. The van der Waals surface area contributed by atoms with Crippen LogP contribution in [0.15, 0.2) is 0 Å².